The minimum Gasteiger partial charge on any atom is -1.00 e. The topological polar surface area (TPSA) is 17.6 Å². The Kier molecular flexibility index (Phi) is 7.91. The molecular formula is C26H28Br2N4. The highest BCUT2D eigenvalue weighted by Crippen LogP contribution is 2.14. The average molecular weight is 556 g/mol. The van der Waals surface area contributed by atoms with E-state index in [1.54, 1.807) is 0 Å². The molecule has 166 valence electrons. The SMILES string of the molecule is CCn1c[n+](Cc2cccc(C[n+]3cn(CC)c4ccccc43)c2)c2ccccc21.[Br-].[Br-]. The standard InChI is InChI=1S/C26H28N4.2BrH/c1-3-27-19-29(25-14-7-5-12-23(25)27)17-21-10-9-11-22(16-21)18-30-20-28(4-2)24-13-6-8-15-26(24)30;;/h5-16,19-20H,3-4,17-18H2,1-2H3;2*1H/q+2;;/p-2. The normalized spacial score (nSPS) is 10.8. The van der Waals surface area contributed by atoms with Crippen LogP contribution in [0.2, 0.25) is 0 Å². The Hall–Kier alpha value is -2.44. The maximum atomic E-state index is 2.36. The molecule has 5 aromatic rings. The zero-order valence-corrected chi connectivity index (χ0v) is 21.6. The fraction of sp³-hybridized carbons (Fsp3) is 0.231. The summed E-state index contributed by atoms with van der Waals surface area (Å²) in [5.41, 5.74) is 7.81. The first-order chi connectivity index (χ1) is 14.8. The summed E-state index contributed by atoms with van der Waals surface area (Å²) in [5, 5.41) is 0. The lowest BCUT2D eigenvalue weighted by Crippen LogP contribution is -3.00. The molecule has 0 atom stereocenters. The van der Waals surface area contributed by atoms with E-state index in [9.17, 15) is 0 Å². The zero-order valence-electron chi connectivity index (χ0n) is 18.5. The van der Waals surface area contributed by atoms with Gasteiger partial charge in [0.2, 0.25) is 12.7 Å². The number of hydrogen-bond acceptors (Lipinski definition) is 0. The molecule has 3 aromatic carbocycles. The van der Waals surface area contributed by atoms with E-state index < -0.39 is 0 Å². The molecule has 0 amide bonds. The van der Waals surface area contributed by atoms with E-state index in [1.807, 2.05) is 0 Å². The van der Waals surface area contributed by atoms with Gasteiger partial charge in [0.1, 0.15) is 13.1 Å². The van der Waals surface area contributed by atoms with Gasteiger partial charge in [-0.1, -0.05) is 42.5 Å². The maximum Gasteiger partial charge on any atom is 0.245 e. The van der Waals surface area contributed by atoms with Crippen molar-refractivity contribution in [3.8, 4) is 0 Å². The number of halogens is 2. The molecule has 0 spiro atoms. The number of para-hydroxylation sites is 4. The van der Waals surface area contributed by atoms with Crippen LogP contribution in [0.3, 0.4) is 0 Å². The van der Waals surface area contributed by atoms with Crippen LogP contribution in [0.4, 0.5) is 0 Å². The third kappa shape index (κ3) is 4.52. The number of nitrogens with zero attached hydrogens (tertiary/aromatic N) is 4. The lowest BCUT2D eigenvalue weighted by Gasteiger charge is -2.03. The van der Waals surface area contributed by atoms with Gasteiger partial charge in [-0.2, -0.15) is 0 Å². The van der Waals surface area contributed by atoms with Crippen LogP contribution in [0.15, 0.2) is 85.5 Å². The van der Waals surface area contributed by atoms with Crippen LogP contribution in [-0.4, -0.2) is 9.13 Å². The summed E-state index contributed by atoms with van der Waals surface area (Å²) in [6.45, 7) is 8.10. The summed E-state index contributed by atoms with van der Waals surface area (Å²) in [5.74, 6) is 0. The molecule has 0 radical (unpaired) electrons. The number of aromatic nitrogens is 4. The lowest BCUT2D eigenvalue weighted by atomic mass is 10.1. The van der Waals surface area contributed by atoms with Gasteiger partial charge in [0.25, 0.3) is 0 Å². The van der Waals surface area contributed by atoms with Gasteiger partial charge >= 0.3 is 0 Å². The first-order valence-electron chi connectivity index (χ1n) is 10.8. The van der Waals surface area contributed by atoms with Crippen LogP contribution in [0.5, 0.6) is 0 Å². The third-order valence-corrected chi connectivity index (χ3v) is 5.94. The van der Waals surface area contributed by atoms with E-state index >= 15 is 0 Å². The zero-order chi connectivity index (χ0) is 20.5. The number of aryl methyl sites for hydroxylation is 2. The second-order valence-electron chi connectivity index (χ2n) is 7.86. The fourth-order valence-corrected chi connectivity index (χ4v) is 4.46. The molecule has 0 saturated carbocycles. The summed E-state index contributed by atoms with van der Waals surface area (Å²) >= 11 is 0. The Morgan fingerprint density at radius 1 is 0.594 bits per heavy atom. The molecule has 0 fully saturated rings. The summed E-state index contributed by atoms with van der Waals surface area (Å²) in [6.07, 6.45) is 4.47. The van der Waals surface area contributed by atoms with E-state index in [-0.39, 0.29) is 34.0 Å². The largest absolute Gasteiger partial charge is 1.00 e. The quantitative estimate of drug-likeness (QED) is 0.223. The van der Waals surface area contributed by atoms with Gasteiger partial charge in [-0.3, -0.25) is 0 Å². The van der Waals surface area contributed by atoms with Crippen molar-refractivity contribution in [3.63, 3.8) is 0 Å². The average Bonchev–Trinajstić information content (AvgIpc) is 3.32. The van der Waals surface area contributed by atoms with Crippen LogP contribution < -0.4 is 43.1 Å². The Labute approximate surface area is 210 Å². The minimum atomic E-state index is 0. The first-order valence-corrected chi connectivity index (χ1v) is 10.8. The molecule has 5 rings (SSSR count). The van der Waals surface area contributed by atoms with Crippen molar-refractivity contribution in [1.29, 1.82) is 0 Å². The molecule has 2 aromatic heterocycles. The minimum absolute atomic E-state index is 0. The lowest BCUT2D eigenvalue weighted by molar-refractivity contribution is -0.664. The van der Waals surface area contributed by atoms with Gasteiger partial charge in [0.05, 0.1) is 13.1 Å². The van der Waals surface area contributed by atoms with Crippen molar-refractivity contribution in [1.82, 2.24) is 9.13 Å². The van der Waals surface area contributed by atoms with E-state index in [1.165, 1.54) is 33.2 Å². The second kappa shape index (κ2) is 10.5. The van der Waals surface area contributed by atoms with Crippen molar-refractivity contribution in [2.24, 2.45) is 0 Å². The Morgan fingerprint density at radius 2 is 1.03 bits per heavy atom. The van der Waals surface area contributed by atoms with E-state index in [2.05, 4.69) is 118 Å². The van der Waals surface area contributed by atoms with Crippen molar-refractivity contribution in [2.75, 3.05) is 0 Å². The Balaban J connectivity index is 0.00000144. The fourth-order valence-electron chi connectivity index (χ4n) is 4.46. The predicted molar refractivity (Wildman–Crippen MR) is 120 cm³/mol. The van der Waals surface area contributed by atoms with Gasteiger partial charge < -0.3 is 34.0 Å². The molecular weight excluding hydrogens is 528 g/mol. The Bertz CT molecular complexity index is 1240. The molecule has 0 aliphatic rings. The van der Waals surface area contributed by atoms with E-state index in [4.69, 9.17) is 0 Å². The van der Waals surface area contributed by atoms with E-state index in [0.29, 0.717) is 0 Å². The number of fused-ring (bicyclic) bond motifs is 2. The summed E-state index contributed by atoms with van der Waals surface area (Å²) in [4.78, 5) is 0. The van der Waals surface area contributed by atoms with Gasteiger partial charge in [-0.15, -0.1) is 0 Å². The van der Waals surface area contributed by atoms with Crippen LogP contribution >= 0.6 is 0 Å². The van der Waals surface area contributed by atoms with Crippen molar-refractivity contribution in [3.05, 3.63) is 96.6 Å². The molecule has 2 heterocycles. The molecule has 0 saturated heterocycles. The van der Waals surface area contributed by atoms with E-state index in [0.717, 1.165) is 26.2 Å². The van der Waals surface area contributed by atoms with Crippen molar-refractivity contribution < 1.29 is 43.1 Å². The van der Waals surface area contributed by atoms with Gasteiger partial charge in [0, 0.05) is 0 Å². The van der Waals surface area contributed by atoms with Crippen LogP contribution in [-0.2, 0) is 26.2 Å². The highest BCUT2D eigenvalue weighted by Gasteiger charge is 2.16. The smallest absolute Gasteiger partial charge is 0.245 e. The van der Waals surface area contributed by atoms with Crippen molar-refractivity contribution >= 4 is 22.1 Å². The molecule has 6 heteroatoms. The van der Waals surface area contributed by atoms with Crippen molar-refractivity contribution in [2.45, 2.75) is 40.0 Å². The first kappa shape index (κ1) is 24.2. The molecule has 0 unspecified atom stereocenters. The molecule has 0 aliphatic heterocycles. The maximum absolute atomic E-state index is 2.36. The number of hydrogen-bond donors (Lipinski definition) is 0. The van der Waals surface area contributed by atoms with Crippen LogP contribution in [0.1, 0.15) is 25.0 Å². The van der Waals surface area contributed by atoms with Crippen LogP contribution in [0, 0.1) is 0 Å². The summed E-state index contributed by atoms with van der Waals surface area (Å²) in [7, 11) is 0. The summed E-state index contributed by atoms with van der Waals surface area (Å²) < 4.78 is 9.34. The predicted octanol–water partition coefficient (Wildman–Crippen LogP) is -1.68. The summed E-state index contributed by atoms with van der Waals surface area (Å²) in [6, 6.07) is 26.3. The number of rotatable bonds is 6. The molecule has 0 aliphatic carbocycles. The second-order valence-corrected chi connectivity index (χ2v) is 7.86. The highest BCUT2D eigenvalue weighted by molar-refractivity contribution is 5.72. The highest BCUT2D eigenvalue weighted by atomic mass is 79.9. The molecule has 0 N–H and O–H groups in total. The molecule has 0 bridgehead atoms. The number of benzene rings is 3. The molecule has 32 heavy (non-hydrogen) atoms. The van der Waals surface area contributed by atoms with Crippen LogP contribution in [0.25, 0.3) is 22.1 Å². The number of imidazole rings is 2. The Morgan fingerprint density at radius 3 is 1.47 bits per heavy atom. The molecule has 4 nitrogen and oxygen atoms in total. The van der Waals surface area contributed by atoms with Gasteiger partial charge in [0.15, 0.2) is 22.1 Å². The van der Waals surface area contributed by atoms with Gasteiger partial charge in [-0.25, -0.2) is 18.3 Å². The third-order valence-electron chi connectivity index (χ3n) is 5.94. The van der Waals surface area contributed by atoms with Gasteiger partial charge in [-0.05, 0) is 55.3 Å². The monoisotopic (exact) mass is 554 g/mol.